The summed E-state index contributed by atoms with van der Waals surface area (Å²) >= 11 is 0. The minimum absolute atomic E-state index is 0.737. The predicted octanol–water partition coefficient (Wildman–Crippen LogP) is 0.246. The van der Waals surface area contributed by atoms with Crippen molar-refractivity contribution in [3.63, 3.8) is 0 Å². The van der Waals surface area contributed by atoms with Crippen LogP contribution in [0, 0.1) is 0 Å². The van der Waals surface area contributed by atoms with E-state index in [1.807, 2.05) is 0 Å². The van der Waals surface area contributed by atoms with E-state index in [9.17, 15) is 8.22 Å². The van der Waals surface area contributed by atoms with Gasteiger partial charge in [0.1, 0.15) is 0 Å². The van der Waals surface area contributed by atoms with Gasteiger partial charge in [-0.25, -0.2) is 13.0 Å². The summed E-state index contributed by atoms with van der Waals surface area (Å²) in [6, 6.07) is 0. The van der Waals surface area contributed by atoms with E-state index in [0.29, 0.717) is 0 Å². The number of isocyanates is 1. The van der Waals surface area contributed by atoms with Crippen LogP contribution >= 0.6 is 0 Å². The van der Waals surface area contributed by atoms with Crippen molar-refractivity contribution in [2.24, 2.45) is 4.66 Å². The first-order valence-corrected chi connectivity index (χ1v) is 2.23. The lowest BCUT2D eigenvalue weighted by molar-refractivity contribution is 0.563. The van der Waals surface area contributed by atoms with Crippen molar-refractivity contribution in [3.8, 4) is 0 Å². The third-order valence-corrected chi connectivity index (χ3v) is 0.390. The van der Waals surface area contributed by atoms with Gasteiger partial charge in [0.2, 0.25) is 6.08 Å². The topological polar surface area (TPSA) is 29.4 Å². The van der Waals surface area contributed by atoms with E-state index in [1.54, 1.807) is 0 Å². The van der Waals surface area contributed by atoms with Gasteiger partial charge in [0.15, 0.2) is 0 Å². The number of nitrogens with zero attached hydrogens (tertiary/aromatic N) is 1. The van der Waals surface area contributed by atoms with Gasteiger partial charge in [-0.3, -0.25) is 0 Å². The van der Waals surface area contributed by atoms with Crippen LogP contribution in [0.5, 0.6) is 0 Å². The molecule has 0 spiro atoms. The van der Waals surface area contributed by atoms with Gasteiger partial charge in [-0.2, -0.15) is 4.66 Å². The Morgan fingerprint density at radius 2 is 2.17 bits per heavy atom. The minimum atomic E-state index is -3.68. The molecule has 0 unspecified atom stereocenters. The largest absolute Gasteiger partial charge is 0.643 e. The number of halogens is 2. The second-order valence-electron chi connectivity index (χ2n) is 0.444. The molecule has 0 aliphatic heterocycles. The van der Waals surface area contributed by atoms with Crippen molar-refractivity contribution in [2.75, 3.05) is 0 Å². The summed E-state index contributed by atoms with van der Waals surface area (Å²) in [6.45, 7) is 0. The molecule has 0 N–H and O–H groups in total. The Kier molecular flexibility index (Phi) is 2.44. The molecular formula is CF2NOSi. The molecule has 0 aromatic heterocycles. The lowest BCUT2D eigenvalue weighted by Crippen LogP contribution is -1.86. The summed E-state index contributed by atoms with van der Waals surface area (Å²) in [6.07, 6.45) is 0.737. The molecule has 0 aliphatic carbocycles. The predicted molar refractivity (Wildman–Crippen MR) is 16.1 cm³/mol. The second kappa shape index (κ2) is 2.68. The van der Waals surface area contributed by atoms with Gasteiger partial charge in [-0.1, -0.05) is 0 Å². The molecule has 0 aromatic carbocycles. The Morgan fingerprint density at radius 1 is 1.67 bits per heavy atom. The zero-order chi connectivity index (χ0) is 4.99. The monoisotopic (exact) mass is 108 g/mol. The summed E-state index contributed by atoms with van der Waals surface area (Å²) in [4.78, 5) is 8.87. The van der Waals surface area contributed by atoms with E-state index in [-0.39, 0.29) is 0 Å². The molecule has 0 saturated carbocycles. The van der Waals surface area contributed by atoms with Crippen molar-refractivity contribution in [3.05, 3.63) is 0 Å². The van der Waals surface area contributed by atoms with E-state index >= 15 is 0 Å². The van der Waals surface area contributed by atoms with Gasteiger partial charge in [0, 0.05) is 0 Å². The smallest absolute Gasteiger partial charge is 0.242 e. The maximum absolute atomic E-state index is 10.7. The van der Waals surface area contributed by atoms with Crippen LogP contribution in [0.4, 0.5) is 8.22 Å². The summed E-state index contributed by atoms with van der Waals surface area (Å²) in [7, 11) is -3.68. The normalized spacial score (nSPS) is 7.83. The quantitative estimate of drug-likeness (QED) is 0.205. The highest BCUT2D eigenvalue weighted by Gasteiger charge is 2.04. The van der Waals surface area contributed by atoms with E-state index < -0.39 is 9.63 Å². The van der Waals surface area contributed by atoms with Crippen molar-refractivity contribution < 1.29 is 13.0 Å². The first-order valence-electron chi connectivity index (χ1n) is 1.03. The van der Waals surface area contributed by atoms with Crippen LogP contribution in [0.25, 0.3) is 0 Å². The van der Waals surface area contributed by atoms with Gasteiger partial charge in [0.05, 0.1) is 0 Å². The molecule has 0 atom stereocenters. The fourth-order valence-corrected chi connectivity index (χ4v) is 0.104. The zero-order valence-electron chi connectivity index (χ0n) is 2.61. The highest BCUT2D eigenvalue weighted by Crippen LogP contribution is 1.81. The van der Waals surface area contributed by atoms with E-state index in [1.165, 1.54) is 0 Å². The van der Waals surface area contributed by atoms with Gasteiger partial charge < -0.3 is 0 Å². The molecule has 0 aliphatic rings. The van der Waals surface area contributed by atoms with Crippen LogP contribution in [0.15, 0.2) is 4.66 Å². The second-order valence-corrected chi connectivity index (χ2v) is 1.15. The molecule has 2 nitrogen and oxygen atoms in total. The van der Waals surface area contributed by atoms with Crippen molar-refractivity contribution in [2.45, 2.75) is 0 Å². The van der Waals surface area contributed by atoms with Crippen molar-refractivity contribution >= 4 is 15.7 Å². The highest BCUT2D eigenvalue weighted by atomic mass is 28.4. The Balaban J connectivity index is 3.29. The van der Waals surface area contributed by atoms with Crippen LogP contribution in [0.3, 0.4) is 0 Å². The summed E-state index contributed by atoms with van der Waals surface area (Å²) in [5, 5.41) is 0. The third kappa shape index (κ3) is 3.46. The molecule has 0 fully saturated rings. The molecule has 1 radical (unpaired) electrons. The molecule has 0 amide bonds. The molecule has 0 bridgehead atoms. The van der Waals surface area contributed by atoms with E-state index in [0.717, 1.165) is 6.08 Å². The number of hydrogen-bond acceptors (Lipinski definition) is 2. The Hall–Kier alpha value is -0.543. The van der Waals surface area contributed by atoms with Crippen LogP contribution in [0.1, 0.15) is 0 Å². The van der Waals surface area contributed by atoms with Crippen LogP contribution in [-0.4, -0.2) is 15.7 Å². The molecule has 0 saturated heterocycles. The Morgan fingerprint density at radius 3 is 2.17 bits per heavy atom. The minimum Gasteiger partial charge on any atom is -0.242 e. The Bertz CT molecular complexity index is 77.6. The molecule has 0 rings (SSSR count). The summed E-state index contributed by atoms with van der Waals surface area (Å²) in [5.41, 5.74) is 0. The zero-order valence-corrected chi connectivity index (χ0v) is 3.61. The number of rotatable bonds is 1. The first-order chi connectivity index (χ1) is 2.77. The average molecular weight is 108 g/mol. The fraction of sp³-hybridized carbons (Fsp3) is 0. The summed E-state index contributed by atoms with van der Waals surface area (Å²) in [5.74, 6) is 0. The SMILES string of the molecule is O=C=N[Si](F)F. The maximum atomic E-state index is 10.7. The first kappa shape index (κ1) is 5.46. The third-order valence-electron chi connectivity index (χ3n) is 0.130. The Labute approximate surface area is 34.5 Å². The van der Waals surface area contributed by atoms with Crippen molar-refractivity contribution in [1.29, 1.82) is 0 Å². The van der Waals surface area contributed by atoms with Gasteiger partial charge in [-0.15, -0.1) is 0 Å². The molecule has 5 heteroatoms. The molecule has 33 valence electrons. The van der Waals surface area contributed by atoms with Crippen molar-refractivity contribution in [1.82, 2.24) is 0 Å². The van der Waals surface area contributed by atoms with E-state index in [4.69, 9.17) is 4.79 Å². The molecule has 0 heterocycles. The molecule has 0 aromatic rings. The van der Waals surface area contributed by atoms with Gasteiger partial charge in [0.25, 0.3) is 0 Å². The summed E-state index contributed by atoms with van der Waals surface area (Å²) < 4.78 is 23.5. The highest BCUT2D eigenvalue weighted by molar-refractivity contribution is 6.41. The number of hydrogen-bond donors (Lipinski definition) is 0. The van der Waals surface area contributed by atoms with Crippen LogP contribution < -0.4 is 0 Å². The van der Waals surface area contributed by atoms with Gasteiger partial charge >= 0.3 is 9.63 Å². The number of carbonyl (C=O) groups excluding carboxylic acids is 1. The molecule has 6 heavy (non-hydrogen) atoms. The maximum Gasteiger partial charge on any atom is 0.643 e. The van der Waals surface area contributed by atoms with E-state index in [2.05, 4.69) is 4.66 Å². The van der Waals surface area contributed by atoms with Crippen LogP contribution in [-0.2, 0) is 4.79 Å². The molecular weight excluding hydrogens is 108 g/mol. The van der Waals surface area contributed by atoms with Gasteiger partial charge in [-0.05, 0) is 0 Å². The standard InChI is InChI=1S/CF2NOSi/c2-6(3)4-1-5. The fourth-order valence-electron chi connectivity index (χ4n) is 0.0345. The average Bonchev–Trinajstić information content (AvgIpc) is 1.35. The lowest BCUT2D eigenvalue weighted by Gasteiger charge is -1.65. The lowest BCUT2D eigenvalue weighted by atomic mass is 11.7. The van der Waals surface area contributed by atoms with Crippen LogP contribution in [0.2, 0.25) is 0 Å².